The molecule has 0 saturated heterocycles. The maximum absolute atomic E-state index is 17.1. The highest BCUT2D eigenvalue weighted by Gasteiger charge is 2.49. The van der Waals surface area contributed by atoms with E-state index < -0.39 is 11.6 Å². The molecule has 1 aromatic heterocycles. The van der Waals surface area contributed by atoms with Crippen LogP contribution >= 0.6 is 0 Å². The van der Waals surface area contributed by atoms with Gasteiger partial charge in [0.05, 0.1) is 6.54 Å². The Hall–Kier alpha value is -3.29. The van der Waals surface area contributed by atoms with Gasteiger partial charge < -0.3 is 10.6 Å². The van der Waals surface area contributed by atoms with E-state index in [1.165, 1.54) is 54.6 Å². The zero-order valence-electron chi connectivity index (χ0n) is 24.3. The molecule has 2 N–H and O–H groups in total. The van der Waals surface area contributed by atoms with E-state index in [2.05, 4.69) is 22.3 Å². The molecule has 3 rings (SSSR count). The number of amides is 1. The summed E-state index contributed by atoms with van der Waals surface area (Å²) in [5.74, 6) is -1.03. The molecule has 0 aliphatic rings. The second kappa shape index (κ2) is 14.2. The van der Waals surface area contributed by atoms with Crippen molar-refractivity contribution < 1.29 is 9.18 Å². The molecule has 0 saturated carbocycles. The standard InChI is InChI=1S/C31H45FN6O/c1-6-7-8-9-10-11-12-13-14-18-21-38-35-29(34-36-38)31(32,26-19-16-15-17-20-26)30(39)37(5)27-22-23(2)28(33)25(4)24(27)3/h15-17,19-20,22H,6-14,18,21,33H2,1-5H3. The van der Waals surface area contributed by atoms with Crippen LogP contribution in [0, 0.1) is 20.8 Å². The number of alkyl halides is 1. The van der Waals surface area contributed by atoms with Crippen molar-refractivity contribution >= 4 is 17.3 Å². The van der Waals surface area contributed by atoms with Gasteiger partial charge in [0.1, 0.15) is 0 Å². The van der Waals surface area contributed by atoms with Gasteiger partial charge in [-0.2, -0.15) is 4.80 Å². The molecule has 0 radical (unpaired) electrons. The van der Waals surface area contributed by atoms with Crippen LogP contribution in [0.3, 0.4) is 0 Å². The molecule has 2 aromatic carbocycles. The third kappa shape index (κ3) is 7.22. The maximum atomic E-state index is 17.1. The number of nitrogen functional groups attached to an aromatic ring is 1. The number of aromatic nitrogens is 4. The Morgan fingerprint density at radius 2 is 1.54 bits per heavy atom. The average Bonchev–Trinajstić information content (AvgIpc) is 3.43. The fourth-order valence-electron chi connectivity index (χ4n) is 5.00. The first kappa shape index (κ1) is 30.3. The Balaban J connectivity index is 1.72. The lowest BCUT2D eigenvalue weighted by Gasteiger charge is -2.29. The Bertz CT molecular complexity index is 1210. The van der Waals surface area contributed by atoms with Crippen molar-refractivity contribution in [3.8, 4) is 0 Å². The van der Waals surface area contributed by atoms with Crippen LogP contribution in [0.1, 0.15) is 99.2 Å². The van der Waals surface area contributed by atoms with Gasteiger partial charge in [-0.25, -0.2) is 4.39 Å². The lowest BCUT2D eigenvalue weighted by Crippen LogP contribution is -2.44. The molecule has 0 fully saturated rings. The van der Waals surface area contributed by atoms with Gasteiger partial charge in [-0.15, -0.1) is 10.2 Å². The molecule has 0 aliphatic carbocycles. The zero-order chi connectivity index (χ0) is 28.4. The Morgan fingerprint density at radius 3 is 2.15 bits per heavy atom. The number of nitrogens with two attached hydrogens (primary N) is 1. The number of benzene rings is 2. The number of aryl methyl sites for hydroxylation is 2. The molecule has 212 valence electrons. The molecule has 1 amide bonds. The molecular formula is C31H45FN6O. The van der Waals surface area contributed by atoms with Crippen LogP contribution in [0.25, 0.3) is 0 Å². The van der Waals surface area contributed by atoms with Crippen LogP contribution in [0.15, 0.2) is 36.4 Å². The summed E-state index contributed by atoms with van der Waals surface area (Å²) >= 11 is 0. The van der Waals surface area contributed by atoms with E-state index in [-0.39, 0.29) is 11.4 Å². The summed E-state index contributed by atoms with van der Waals surface area (Å²) in [6.07, 6.45) is 12.2. The number of anilines is 2. The van der Waals surface area contributed by atoms with Crippen LogP contribution < -0.4 is 10.6 Å². The van der Waals surface area contributed by atoms with Crippen molar-refractivity contribution in [1.29, 1.82) is 0 Å². The maximum Gasteiger partial charge on any atom is 0.277 e. The first-order chi connectivity index (χ1) is 18.7. The number of carbonyl (C=O) groups is 1. The van der Waals surface area contributed by atoms with E-state index in [4.69, 9.17) is 5.73 Å². The van der Waals surface area contributed by atoms with Gasteiger partial charge in [0.15, 0.2) is 0 Å². The smallest absolute Gasteiger partial charge is 0.277 e. The molecule has 1 heterocycles. The zero-order valence-corrected chi connectivity index (χ0v) is 24.3. The molecule has 7 nitrogen and oxygen atoms in total. The average molecular weight is 537 g/mol. The highest BCUT2D eigenvalue weighted by molar-refractivity contribution is 6.02. The lowest BCUT2D eigenvalue weighted by molar-refractivity contribution is -0.128. The summed E-state index contributed by atoms with van der Waals surface area (Å²) in [6, 6.07) is 10.2. The van der Waals surface area contributed by atoms with E-state index in [0.717, 1.165) is 36.0 Å². The van der Waals surface area contributed by atoms with Gasteiger partial charge in [-0.1, -0.05) is 95.0 Å². The van der Waals surface area contributed by atoms with E-state index in [9.17, 15) is 4.79 Å². The van der Waals surface area contributed by atoms with Gasteiger partial charge in [-0.05, 0) is 55.2 Å². The van der Waals surface area contributed by atoms with Crippen molar-refractivity contribution in [2.45, 2.75) is 104 Å². The molecule has 1 atom stereocenters. The van der Waals surface area contributed by atoms with Gasteiger partial charge in [-0.3, -0.25) is 4.79 Å². The van der Waals surface area contributed by atoms with E-state index in [0.29, 0.717) is 17.9 Å². The lowest BCUT2D eigenvalue weighted by atomic mass is 9.92. The SMILES string of the molecule is CCCCCCCCCCCCn1nnc(C(F)(C(=O)N(C)c2cc(C)c(N)c(C)c2C)c2ccccc2)n1. The van der Waals surface area contributed by atoms with Crippen LogP contribution in [-0.2, 0) is 17.0 Å². The Labute approximate surface area is 233 Å². The quantitative estimate of drug-likeness (QED) is 0.167. The number of halogens is 1. The number of nitrogens with zero attached hydrogens (tertiary/aromatic N) is 5. The Morgan fingerprint density at radius 1 is 0.949 bits per heavy atom. The van der Waals surface area contributed by atoms with E-state index in [1.807, 2.05) is 26.8 Å². The predicted octanol–water partition coefficient (Wildman–Crippen LogP) is 6.98. The summed E-state index contributed by atoms with van der Waals surface area (Å²) in [4.78, 5) is 16.6. The number of unbranched alkanes of at least 4 members (excludes halogenated alkanes) is 9. The minimum absolute atomic E-state index is 0.168. The summed E-state index contributed by atoms with van der Waals surface area (Å²) in [7, 11) is 1.57. The molecule has 8 heteroatoms. The van der Waals surface area contributed by atoms with Crippen LogP contribution in [0.2, 0.25) is 0 Å². The molecule has 0 spiro atoms. The topological polar surface area (TPSA) is 89.9 Å². The van der Waals surface area contributed by atoms with Gasteiger partial charge in [0, 0.05) is 24.0 Å². The molecular weight excluding hydrogens is 491 g/mol. The number of hydrogen-bond acceptors (Lipinski definition) is 5. The largest absolute Gasteiger partial charge is 0.398 e. The van der Waals surface area contributed by atoms with Gasteiger partial charge in [0.2, 0.25) is 5.82 Å². The molecule has 0 bridgehead atoms. The van der Waals surface area contributed by atoms with Crippen LogP contribution in [-0.4, -0.2) is 33.2 Å². The fraction of sp³-hybridized carbons (Fsp3) is 0.548. The minimum atomic E-state index is -2.60. The highest BCUT2D eigenvalue weighted by atomic mass is 19.1. The second-order valence-electron chi connectivity index (χ2n) is 10.7. The highest BCUT2D eigenvalue weighted by Crippen LogP contribution is 2.37. The Kier molecular flexibility index (Phi) is 11.0. The van der Waals surface area contributed by atoms with E-state index in [1.54, 1.807) is 37.4 Å². The summed E-state index contributed by atoms with van der Waals surface area (Å²) < 4.78 is 17.1. The predicted molar refractivity (Wildman–Crippen MR) is 156 cm³/mol. The first-order valence-corrected chi connectivity index (χ1v) is 14.4. The van der Waals surface area contributed by atoms with Crippen molar-refractivity contribution in [3.63, 3.8) is 0 Å². The molecule has 1 unspecified atom stereocenters. The number of hydrogen-bond donors (Lipinski definition) is 1. The van der Waals surface area contributed by atoms with Crippen molar-refractivity contribution in [3.05, 3.63) is 64.5 Å². The first-order valence-electron chi connectivity index (χ1n) is 14.4. The van der Waals surface area contributed by atoms with Crippen LogP contribution in [0.4, 0.5) is 15.8 Å². The van der Waals surface area contributed by atoms with E-state index >= 15 is 4.39 Å². The van der Waals surface area contributed by atoms with Crippen LogP contribution in [0.5, 0.6) is 0 Å². The van der Waals surface area contributed by atoms with Gasteiger partial charge in [0.25, 0.3) is 11.6 Å². The second-order valence-corrected chi connectivity index (χ2v) is 10.7. The third-order valence-corrected chi connectivity index (χ3v) is 7.73. The number of tetrazole rings is 1. The monoisotopic (exact) mass is 536 g/mol. The summed E-state index contributed by atoms with van der Waals surface area (Å²) in [5, 5.41) is 12.5. The molecule has 0 aliphatic heterocycles. The van der Waals surface area contributed by atoms with Crippen molar-refractivity contribution in [1.82, 2.24) is 20.2 Å². The fourth-order valence-corrected chi connectivity index (χ4v) is 5.00. The number of likely N-dealkylation sites (N-methyl/N-ethyl adjacent to an activating group) is 1. The molecule has 39 heavy (non-hydrogen) atoms. The van der Waals surface area contributed by atoms with Gasteiger partial charge >= 0.3 is 0 Å². The molecule has 3 aromatic rings. The third-order valence-electron chi connectivity index (χ3n) is 7.73. The van der Waals surface area contributed by atoms with Crippen molar-refractivity contribution in [2.24, 2.45) is 0 Å². The summed E-state index contributed by atoms with van der Waals surface area (Å²) in [5.41, 5.74) is 7.55. The normalized spacial score (nSPS) is 12.9. The minimum Gasteiger partial charge on any atom is -0.398 e. The summed E-state index contributed by atoms with van der Waals surface area (Å²) in [6.45, 7) is 8.44. The van der Waals surface area contributed by atoms with Crippen molar-refractivity contribution in [2.75, 3.05) is 17.7 Å². The number of carbonyl (C=O) groups excluding carboxylic acids is 1. The number of rotatable bonds is 15.